The molecule has 1 aliphatic heterocycles. The molecule has 1 aliphatic rings. The van der Waals surface area contributed by atoms with E-state index >= 15 is 0 Å². The van der Waals surface area contributed by atoms with Crippen LogP contribution in [0, 0.1) is 0 Å². The summed E-state index contributed by atoms with van der Waals surface area (Å²) in [5, 5.41) is 8.27. The molecule has 2 heterocycles. The van der Waals surface area contributed by atoms with E-state index in [1.165, 1.54) is 4.31 Å². The number of ketones is 1. The largest absolute Gasteiger partial charge is 0.494 e. The van der Waals surface area contributed by atoms with E-state index in [0.717, 1.165) is 31.0 Å². The van der Waals surface area contributed by atoms with Crippen molar-refractivity contribution in [3.8, 4) is 17.2 Å². The summed E-state index contributed by atoms with van der Waals surface area (Å²) in [6, 6.07) is 13.5. The minimum absolute atomic E-state index is 0.0718. The lowest BCUT2D eigenvalue weighted by Gasteiger charge is -2.25. The number of ether oxygens (including phenoxy) is 1. The van der Waals surface area contributed by atoms with Gasteiger partial charge in [-0.15, -0.1) is 10.2 Å². The second-order valence-electron chi connectivity index (χ2n) is 7.53. The van der Waals surface area contributed by atoms with Crippen LogP contribution in [-0.2, 0) is 10.0 Å². The number of benzene rings is 2. The van der Waals surface area contributed by atoms with Crippen molar-refractivity contribution in [1.29, 1.82) is 0 Å². The number of thioether (sulfide) groups is 1. The van der Waals surface area contributed by atoms with Gasteiger partial charge in [0.1, 0.15) is 5.75 Å². The van der Waals surface area contributed by atoms with Crippen molar-refractivity contribution in [2.75, 3.05) is 25.4 Å². The highest BCUT2D eigenvalue weighted by molar-refractivity contribution is 7.99. The number of piperidine rings is 1. The Morgan fingerprint density at radius 2 is 1.85 bits per heavy atom. The molecule has 0 N–H and O–H groups in total. The number of hydrogen-bond acceptors (Lipinski definition) is 8. The lowest BCUT2D eigenvalue weighted by atomic mass is 10.1. The molecule has 1 saturated heterocycles. The number of sulfonamides is 1. The quantitative estimate of drug-likeness (QED) is 0.325. The third-order valence-electron chi connectivity index (χ3n) is 5.25. The first-order chi connectivity index (χ1) is 16.0. The minimum atomic E-state index is -3.56. The molecule has 0 aliphatic carbocycles. The van der Waals surface area contributed by atoms with E-state index in [2.05, 4.69) is 10.2 Å². The van der Waals surface area contributed by atoms with Gasteiger partial charge in [-0.2, -0.15) is 4.31 Å². The third-order valence-corrected chi connectivity index (χ3v) is 7.97. The predicted molar refractivity (Wildman–Crippen MR) is 125 cm³/mol. The molecule has 4 rings (SSSR count). The lowest BCUT2D eigenvalue weighted by molar-refractivity contribution is 0.102. The van der Waals surface area contributed by atoms with Crippen molar-refractivity contribution in [2.24, 2.45) is 0 Å². The van der Waals surface area contributed by atoms with Crippen molar-refractivity contribution < 1.29 is 22.4 Å². The Morgan fingerprint density at radius 3 is 2.58 bits per heavy atom. The van der Waals surface area contributed by atoms with Gasteiger partial charge in [-0.05, 0) is 62.2 Å². The van der Waals surface area contributed by atoms with Gasteiger partial charge in [0.15, 0.2) is 5.78 Å². The van der Waals surface area contributed by atoms with Crippen LogP contribution in [0.15, 0.2) is 63.1 Å². The Morgan fingerprint density at radius 1 is 1.09 bits per heavy atom. The van der Waals surface area contributed by atoms with E-state index in [1.807, 2.05) is 6.92 Å². The molecule has 0 unspecified atom stereocenters. The average Bonchev–Trinajstić information content (AvgIpc) is 3.33. The van der Waals surface area contributed by atoms with Crippen LogP contribution < -0.4 is 4.74 Å². The Kier molecular flexibility index (Phi) is 7.46. The Hall–Kier alpha value is -2.69. The van der Waals surface area contributed by atoms with Crippen molar-refractivity contribution in [2.45, 2.75) is 36.3 Å². The average molecular weight is 488 g/mol. The number of carbonyl (C=O) groups is 1. The number of rotatable bonds is 9. The zero-order chi connectivity index (χ0) is 23.3. The first-order valence-corrected chi connectivity index (χ1v) is 13.2. The van der Waals surface area contributed by atoms with Crippen molar-refractivity contribution in [3.63, 3.8) is 0 Å². The molecule has 0 atom stereocenters. The van der Waals surface area contributed by atoms with Crippen molar-refractivity contribution in [3.05, 3.63) is 54.1 Å². The van der Waals surface area contributed by atoms with Gasteiger partial charge in [0.25, 0.3) is 5.22 Å². The number of Topliss-reactive ketones (excluding diaryl/α,β-unsaturated/α-hetero) is 1. The summed E-state index contributed by atoms with van der Waals surface area (Å²) in [6.45, 7) is 3.54. The molecule has 3 aromatic rings. The fourth-order valence-electron chi connectivity index (χ4n) is 3.54. The molecule has 1 fully saturated rings. The summed E-state index contributed by atoms with van der Waals surface area (Å²) in [5.41, 5.74) is 1.09. The number of aromatic nitrogens is 2. The van der Waals surface area contributed by atoms with Gasteiger partial charge >= 0.3 is 0 Å². The first kappa shape index (κ1) is 23.5. The molecule has 0 amide bonds. The van der Waals surface area contributed by atoms with E-state index in [9.17, 15) is 13.2 Å². The summed E-state index contributed by atoms with van der Waals surface area (Å²) in [4.78, 5) is 12.7. The Labute approximate surface area is 197 Å². The summed E-state index contributed by atoms with van der Waals surface area (Å²) < 4.78 is 38.5. The van der Waals surface area contributed by atoms with Crippen molar-refractivity contribution in [1.82, 2.24) is 14.5 Å². The SMILES string of the molecule is CCOc1ccc(C(=O)CSc2nnc(-c3cccc(S(=O)(=O)N4CCCCC4)c3)o2)cc1. The molecular formula is C23H25N3O5S2. The normalized spacial score (nSPS) is 14.8. The number of nitrogens with zero attached hydrogens (tertiary/aromatic N) is 3. The predicted octanol–water partition coefficient (Wildman–Crippen LogP) is 4.28. The number of carbonyl (C=O) groups excluding carboxylic acids is 1. The van der Waals surface area contributed by atoms with Gasteiger partial charge in [-0.3, -0.25) is 4.79 Å². The van der Waals surface area contributed by atoms with E-state index in [-0.39, 0.29) is 27.5 Å². The summed E-state index contributed by atoms with van der Waals surface area (Å²) in [7, 11) is -3.56. The molecule has 33 heavy (non-hydrogen) atoms. The lowest BCUT2D eigenvalue weighted by Crippen LogP contribution is -2.35. The molecule has 1 aromatic heterocycles. The molecule has 0 radical (unpaired) electrons. The fraction of sp³-hybridized carbons (Fsp3) is 0.348. The van der Waals surface area contributed by atoms with Crippen LogP contribution in [0.2, 0.25) is 0 Å². The van der Waals surface area contributed by atoms with Crippen LogP contribution in [0.5, 0.6) is 5.75 Å². The van der Waals surface area contributed by atoms with Gasteiger partial charge in [-0.25, -0.2) is 8.42 Å². The molecule has 10 heteroatoms. The molecule has 0 saturated carbocycles. The van der Waals surface area contributed by atoms with Crippen LogP contribution in [0.1, 0.15) is 36.5 Å². The minimum Gasteiger partial charge on any atom is -0.494 e. The third kappa shape index (κ3) is 5.63. The molecule has 8 nitrogen and oxygen atoms in total. The second-order valence-corrected chi connectivity index (χ2v) is 10.4. The van der Waals surface area contributed by atoms with Gasteiger partial charge in [0, 0.05) is 24.2 Å². The topological polar surface area (TPSA) is 103 Å². The molecule has 0 bridgehead atoms. The van der Waals surface area contributed by atoms with Gasteiger partial charge in [-0.1, -0.05) is 24.2 Å². The Bertz CT molecular complexity index is 1200. The maximum absolute atomic E-state index is 13.0. The second kappa shape index (κ2) is 10.5. The van der Waals surface area contributed by atoms with Crippen LogP contribution in [0.3, 0.4) is 0 Å². The highest BCUT2D eigenvalue weighted by Crippen LogP contribution is 2.27. The maximum atomic E-state index is 13.0. The molecule has 174 valence electrons. The first-order valence-electron chi connectivity index (χ1n) is 10.8. The fourth-order valence-corrected chi connectivity index (χ4v) is 5.76. The summed E-state index contributed by atoms with van der Waals surface area (Å²) in [5.74, 6) is 0.992. The molecular weight excluding hydrogens is 462 g/mol. The monoisotopic (exact) mass is 487 g/mol. The highest BCUT2D eigenvalue weighted by Gasteiger charge is 2.26. The zero-order valence-electron chi connectivity index (χ0n) is 18.3. The van der Waals surface area contributed by atoms with Crippen LogP contribution in [-0.4, -0.2) is 54.2 Å². The molecule has 2 aromatic carbocycles. The van der Waals surface area contributed by atoms with E-state index < -0.39 is 10.0 Å². The van der Waals surface area contributed by atoms with E-state index in [4.69, 9.17) is 9.15 Å². The number of hydrogen-bond donors (Lipinski definition) is 0. The maximum Gasteiger partial charge on any atom is 0.277 e. The van der Waals surface area contributed by atoms with Crippen LogP contribution in [0.25, 0.3) is 11.5 Å². The van der Waals surface area contributed by atoms with Crippen molar-refractivity contribution >= 4 is 27.6 Å². The molecule has 0 spiro atoms. The standard InChI is InChI=1S/C23H25N3O5S2/c1-2-30-19-11-9-17(10-12-19)21(27)16-32-23-25-24-22(31-23)18-7-6-8-20(15-18)33(28,29)26-13-4-3-5-14-26/h6-12,15H,2-5,13-14,16H2,1H3. The van der Waals surface area contributed by atoms with E-state index in [0.29, 0.717) is 36.6 Å². The highest BCUT2D eigenvalue weighted by atomic mass is 32.2. The zero-order valence-corrected chi connectivity index (χ0v) is 19.9. The smallest absolute Gasteiger partial charge is 0.277 e. The summed E-state index contributed by atoms with van der Waals surface area (Å²) in [6.07, 6.45) is 2.80. The van der Waals surface area contributed by atoms with Gasteiger partial charge < -0.3 is 9.15 Å². The van der Waals surface area contributed by atoms with Crippen LogP contribution >= 0.6 is 11.8 Å². The van der Waals surface area contributed by atoms with Crippen LogP contribution in [0.4, 0.5) is 0 Å². The Balaban J connectivity index is 1.42. The van der Waals surface area contributed by atoms with Gasteiger partial charge in [0.05, 0.1) is 17.3 Å². The van der Waals surface area contributed by atoms with E-state index in [1.54, 1.807) is 48.5 Å². The summed E-state index contributed by atoms with van der Waals surface area (Å²) >= 11 is 1.14. The van der Waals surface area contributed by atoms with Gasteiger partial charge in [0.2, 0.25) is 15.9 Å².